The normalized spacial score (nSPS) is 17.1. The number of hydrogen-bond acceptors (Lipinski definition) is 6. The molecule has 0 unspecified atom stereocenters. The Morgan fingerprint density at radius 2 is 1.89 bits per heavy atom. The molecule has 10 heteroatoms. The lowest BCUT2D eigenvalue weighted by Gasteiger charge is -2.27. The molecule has 190 valence electrons. The van der Waals surface area contributed by atoms with Crippen LogP contribution in [0.15, 0.2) is 45.8 Å². The summed E-state index contributed by atoms with van der Waals surface area (Å²) in [6.45, 7) is 3.64. The molecule has 3 amide bonds. The van der Waals surface area contributed by atoms with Crippen LogP contribution >= 0.6 is 39.3 Å². The average Bonchev–Trinajstić information content (AvgIpc) is 3.12. The molecular weight excluding hydrogens is 568 g/mol. The smallest absolute Gasteiger partial charge is 0.294 e. The summed E-state index contributed by atoms with van der Waals surface area (Å²) in [6, 6.07) is 11.0. The minimum absolute atomic E-state index is 0.195. The van der Waals surface area contributed by atoms with Crippen molar-refractivity contribution in [1.82, 2.24) is 9.80 Å². The first-order valence-electron chi connectivity index (χ1n) is 11.7. The summed E-state index contributed by atoms with van der Waals surface area (Å²) < 4.78 is 12.4. The summed E-state index contributed by atoms with van der Waals surface area (Å²) in [7, 11) is 0. The van der Waals surface area contributed by atoms with Crippen LogP contribution in [0.5, 0.6) is 11.5 Å². The summed E-state index contributed by atoms with van der Waals surface area (Å²) in [6.07, 6.45) is 4.62. The SMILES string of the molecule is CCOc1cc(/C=C2/SC(=O)N(CC(=O)N3CCCCC3)C2=O)cc(Br)c1OCc1ccccc1Cl. The topological polar surface area (TPSA) is 76.2 Å². The van der Waals surface area contributed by atoms with E-state index in [1.807, 2.05) is 25.1 Å². The monoisotopic (exact) mass is 592 g/mol. The first-order valence-corrected chi connectivity index (χ1v) is 13.7. The number of imide groups is 1. The highest BCUT2D eigenvalue weighted by molar-refractivity contribution is 9.10. The van der Waals surface area contributed by atoms with Gasteiger partial charge in [-0.1, -0.05) is 29.8 Å². The molecule has 2 fully saturated rings. The van der Waals surface area contributed by atoms with Gasteiger partial charge in [0.2, 0.25) is 5.91 Å². The minimum atomic E-state index is -0.469. The largest absolute Gasteiger partial charge is 0.490 e. The number of ether oxygens (including phenoxy) is 2. The van der Waals surface area contributed by atoms with E-state index >= 15 is 0 Å². The van der Waals surface area contributed by atoms with E-state index in [0.717, 1.165) is 41.5 Å². The molecule has 2 aliphatic rings. The van der Waals surface area contributed by atoms with Crippen molar-refractivity contribution in [2.75, 3.05) is 26.2 Å². The van der Waals surface area contributed by atoms with E-state index in [1.165, 1.54) is 0 Å². The third kappa shape index (κ3) is 6.25. The van der Waals surface area contributed by atoms with Gasteiger partial charge in [0.05, 0.1) is 16.0 Å². The molecule has 4 rings (SSSR count). The molecule has 7 nitrogen and oxygen atoms in total. The zero-order valence-corrected chi connectivity index (χ0v) is 23.0. The Balaban J connectivity index is 1.51. The van der Waals surface area contributed by atoms with Gasteiger partial charge in [-0.05, 0) is 83.7 Å². The van der Waals surface area contributed by atoms with Crippen molar-refractivity contribution in [2.45, 2.75) is 32.8 Å². The van der Waals surface area contributed by atoms with Gasteiger partial charge in [-0.15, -0.1) is 0 Å². The van der Waals surface area contributed by atoms with E-state index in [4.69, 9.17) is 21.1 Å². The number of carbonyl (C=O) groups excluding carboxylic acids is 3. The van der Waals surface area contributed by atoms with Gasteiger partial charge in [-0.3, -0.25) is 19.3 Å². The van der Waals surface area contributed by atoms with Gasteiger partial charge in [0.1, 0.15) is 13.2 Å². The van der Waals surface area contributed by atoms with Crippen LogP contribution in [0.2, 0.25) is 5.02 Å². The van der Waals surface area contributed by atoms with Gasteiger partial charge in [-0.25, -0.2) is 0 Å². The predicted octanol–water partition coefficient (Wildman–Crippen LogP) is 6.13. The Bertz CT molecular complexity index is 1200. The van der Waals surface area contributed by atoms with Crippen LogP contribution in [-0.4, -0.2) is 53.1 Å². The van der Waals surface area contributed by atoms with Crippen LogP contribution in [0.25, 0.3) is 6.08 Å². The molecule has 0 spiro atoms. The Morgan fingerprint density at radius 1 is 1.14 bits per heavy atom. The van der Waals surface area contributed by atoms with E-state index in [1.54, 1.807) is 29.2 Å². The van der Waals surface area contributed by atoms with Crippen LogP contribution in [0, 0.1) is 0 Å². The highest BCUT2D eigenvalue weighted by atomic mass is 79.9. The highest BCUT2D eigenvalue weighted by Gasteiger charge is 2.37. The molecule has 2 aromatic carbocycles. The molecule has 0 radical (unpaired) electrons. The van der Waals surface area contributed by atoms with Gasteiger partial charge in [0.15, 0.2) is 11.5 Å². The standard InChI is InChI=1S/C26H26BrClN2O5S/c1-2-34-21-13-17(12-19(27)24(21)35-16-18-8-4-5-9-20(18)28)14-22-25(32)30(26(33)36-22)15-23(31)29-10-6-3-7-11-29/h4-5,8-9,12-14H,2-3,6-7,10-11,15-16H2,1H3/b22-14+. The van der Waals surface area contributed by atoms with E-state index in [0.29, 0.717) is 46.3 Å². The van der Waals surface area contributed by atoms with Crippen molar-refractivity contribution in [1.29, 1.82) is 0 Å². The second kappa shape index (κ2) is 12.2. The van der Waals surface area contributed by atoms with E-state index in [2.05, 4.69) is 15.9 Å². The number of likely N-dealkylation sites (tertiary alicyclic amines) is 1. The lowest BCUT2D eigenvalue weighted by atomic mass is 10.1. The van der Waals surface area contributed by atoms with E-state index in [-0.39, 0.29) is 24.0 Å². The highest BCUT2D eigenvalue weighted by Crippen LogP contribution is 2.40. The van der Waals surface area contributed by atoms with Gasteiger partial charge >= 0.3 is 0 Å². The van der Waals surface area contributed by atoms with E-state index in [9.17, 15) is 14.4 Å². The van der Waals surface area contributed by atoms with Gasteiger partial charge in [-0.2, -0.15) is 0 Å². The third-order valence-corrected chi connectivity index (χ3v) is 7.70. The maximum absolute atomic E-state index is 13.0. The molecule has 0 aromatic heterocycles. The third-order valence-electron chi connectivity index (χ3n) is 5.84. The second-order valence-electron chi connectivity index (χ2n) is 8.35. The van der Waals surface area contributed by atoms with Crippen molar-refractivity contribution in [3.05, 3.63) is 61.9 Å². The summed E-state index contributed by atoms with van der Waals surface area (Å²) in [5.41, 5.74) is 1.49. The summed E-state index contributed by atoms with van der Waals surface area (Å²) in [5, 5.41) is 0.165. The summed E-state index contributed by atoms with van der Waals surface area (Å²) >= 11 is 10.6. The first kappa shape index (κ1) is 26.6. The van der Waals surface area contributed by atoms with Gasteiger partial charge in [0.25, 0.3) is 11.1 Å². The molecule has 2 heterocycles. The van der Waals surface area contributed by atoms with Crippen LogP contribution < -0.4 is 9.47 Å². The van der Waals surface area contributed by atoms with Crippen molar-refractivity contribution in [3.63, 3.8) is 0 Å². The number of amides is 3. The van der Waals surface area contributed by atoms with Gasteiger partial charge in [0, 0.05) is 23.7 Å². The molecule has 0 saturated carbocycles. The molecule has 36 heavy (non-hydrogen) atoms. The predicted molar refractivity (Wildman–Crippen MR) is 144 cm³/mol. The molecular formula is C26H26BrClN2O5S. The van der Waals surface area contributed by atoms with Crippen molar-refractivity contribution >= 4 is 62.4 Å². The fourth-order valence-corrected chi connectivity index (χ4v) is 5.61. The van der Waals surface area contributed by atoms with E-state index < -0.39 is 11.1 Å². The number of thioether (sulfide) groups is 1. The molecule has 0 bridgehead atoms. The molecule has 2 aromatic rings. The van der Waals surface area contributed by atoms with Crippen molar-refractivity contribution < 1.29 is 23.9 Å². The molecule has 0 atom stereocenters. The lowest BCUT2D eigenvalue weighted by Crippen LogP contribution is -2.44. The zero-order valence-electron chi connectivity index (χ0n) is 19.8. The fourth-order valence-electron chi connectivity index (χ4n) is 4.01. The maximum atomic E-state index is 13.0. The number of carbonyl (C=O) groups is 3. The quantitative estimate of drug-likeness (QED) is 0.343. The van der Waals surface area contributed by atoms with Gasteiger partial charge < -0.3 is 14.4 Å². The van der Waals surface area contributed by atoms with Crippen molar-refractivity contribution in [3.8, 4) is 11.5 Å². The van der Waals surface area contributed by atoms with Crippen LogP contribution in [-0.2, 0) is 16.2 Å². The minimum Gasteiger partial charge on any atom is -0.490 e. The Morgan fingerprint density at radius 3 is 2.61 bits per heavy atom. The average molecular weight is 594 g/mol. The molecule has 0 N–H and O–H groups in total. The maximum Gasteiger partial charge on any atom is 0.294 e. The Labute approximate surface area is 227 Å². The number of piperidine rings is 1. The van der Waals surface area contributed by atoms with Crippen LogP contribution in [0.4, 0.5) is 4.79 Å². The Kier molecular flexibility index (Phi) is 8.98. The lowest BCUT2D eigenvalue weighted by molar-refractivity contribution is -0.136. The summed E-state index contributed by atoms with van der Waals surface area (Å²) in [4.78, 5) is 41.1. The number of benzene rings is 2. The molecule has 2 saturated heterocycles. The van der Waals surface area contributed by atoms with Crippen molar-refractivity contribution in [2.24, 2.45) is 0 Å². The van der Waals surface area contributed by atoms with Crippen LogP contribution in [0.1, 0.15) is 37.3 Å². The number of nitrogens with zero attached hydrogens (tertiary/aromatic N) is 2. The number of rotatable bonds is 8. The summed E-state index contributed by atoms with van der Waals surface area (Å²) in [5.74, 6) is 0.335. The Hall–Kier alpha value is -2.49. The zero-order chi connectivity index (χ0) is 25.7. The number of hydrogen-bond donors (Lipinski definition) is 0. The molecule has 0 aliphatic carbocycles. The second-order valence-corrected chi connectivity index (χ2v) is 10.6. The van der Waals surface area contributed by atoms with Crippen LogP contribution in [0.3, 0.4) is 0 Å². The first-order chi connectivity index (χ1) is 17.4. The number of halogens is 2. The molecule has 2 aliphatic heterocycles. The fraction of sp³-hybridized carbons (Fsp3) is 0.346.